The van der Waals surface area contributed by atoms with Gasteiger partial charge in [0.25, 0.3) is 5.56 Å². The van der Waals surface area contributed by atoms with Crippen LogP contribution in [-0.4, -0.2) is 27.4 Å². The summed E-state index contributed by atoms with van der Waals surface area (Å²) in [7, 11) is 1.71. The van der Waals surface area contributed by atoms with Crippen LogP contribution in [0.15, 0.2) is 53.6 Å². The van der Waals surface area contributed by atoms with Crippen LogP contribution in [0.4, 0.5) is 0 Å². The minimum Gasteiger partial charge on any atom is -0.341 e. The van der Waals surface area contributed by atoms with Crippen molar-refractivity contribution < 1.29 is 4.79 Å². The predicted octanol–water partition coefficient (Wildman–Crippen LogP) is 3.75. The number of rotatable bonds is 5. The SMILES string of the molecule is CN(Cc1ccc(Cl)c(Cl)c1)C(=O)CCn1cnc2ccccc2c1=O. The van der Waals surface area contributed by atoms with Crippen molar-refractivity contribution in [3.63, 3.8) is 0 Å². The molecule has 0 saturated heterocycles. The molecular weight excluding hydrogens is 373 g/mol. The number of hydrogen-bond donors (Lipinski definition) is 0. The zero-order valence-corrected chi connectivity index (χ0v) is 15.7. The van der Waals surface area contributed by atoms with Crippen molar-refractivity contribution in [2.24, 2.45) is 0 Å². The molecule has 0 bridgehead atoms. The second kappa shape index (κ2) is 7.89. The zero-order chi connectivity index (χ0) is 18.7. The number of hydrogen-bond acceptors (Lipinski definition) is 3. The Morgan fingerprint density at radius 1 is 1.15 bits per heavy atom. The Hall–Kier alpha value is -2.37. The van der Waals surface area contributed by atoms with Crippen molar-refractivity contribution in [3.8, 4) is 0 Å². The highest BCUT2D eigenvalue weighted by molar-refractivity contribution is 6.42. The molecule has 7 heteroatoms. The van der Waals surface area contributed by atoms with Gasteiger partial charge in [-0.15, -0.1) is 0 Å². The summed E-state index contributed by atoms with van der Waals surface area (Å²) >= 11 is 11.9. The third kappa shape index (κ3) is 4.06. The summed E-state index contributed by atoms with van der Waals surface area (Å²) in [6.07, 6.45) is 1.69. The van der Waals surface area contributed by atoms with Gasteiger partial charge in [0.2, 0.25) is 5.91 Å². The maximum Gasteiger partial charge on any atom is 0.261 e. The number of para-hydroxylation sites is 1. The van der Waals surface area contributed by atoms with Gasteiger partial charge in [-0.3, -0.25) is 14.2 Å². The van der Waals surface area contributed by atoms with Gasteiger partial charge in [-0.05, 0) is 29.8 Å². The van der Waals surface area contributed by atoms with Crippen molar-refractivity contribution in [2.45, 2.75) is 19.5 Å². The molecule has 0 aliphatic heterocycles. The molecule has 134 valence electrons. The Morgan fingerprint density at radius 2 is 1.92 bits per heavy atom. The third-order valence-electron chi connectivity index (χ3n) is 4.13. The Kier molecular flexibility index (Phi) is 5.59. The molecule has 5 nitrogen and oxygen atoms in total. The molecule has 0 atom stereocenters. The van der Waals surface area contributed by atoms with E-state index in [1.54, 1.807) is 42.3 Å². The summed E-state index contributed by atoms with van der Waals surface area (Å²) in [5.41, 5.74) is 1.40. The van der Waals surface area contributed by atoms with E-state index in [0.717, 1.165) is 5.56 Å². The highest BCUT2D eigenvalue weighted by atomic mass is 35.5. The van der Waals surface area contributed by atoms with E-state index in [0.29, 0.717) is 27.5 Å². The largest absolute Gasteiger partial charge is 0.341 e. The molecule has 0 radical (unpaired) electrons. The Bertz CT molecular complexity index is 1020. The molecule has 3 rings (SSSR count). The van der Waals surface area contributed by atoms with Crippen LogP contribution in [0.3, 0.4) is 0 Å². The van der Waals surface area contributed by atoms with Crippen LogP contribution >= 0.6 is 23.2 Å². The van der Waals surface area contributed by atoms with E-state index in [2.05, 4.69) is 4.98 Å². The second-order valence-corrected chi connectivity index (χ2v) is 6.82. The fourth-order valence-electron chi connectivity index (χ4n) is 2.67. The predicted molar refractivity (Wildman–Crippen MR) is 104 cm³/mol. The Labute approximate surface area is 160 Å². The smallest absolute Gasteiger partial charge is 0.261 e. The maximum absolute atomic E-state index is 12.4. The van der Waals surface area contributed by atoms with E-state index in [1.165, 1.54) is 10.9 Å². The van der Waals surface area contributed by atoms with Crippen molar-refractivity contribution in [3.05, 3.63) is 74.8 Å². The van der Waals surface area contributed by atoms with Crippen LogP contribution < -0.4 is 5.56 Å². The number of carbonyl (C=O) groups excluding carboxylic acids is 1. The van der Waals surface area contributed by atoms with E-state index in [-0.39, 0.29) is 24.4 Å². The van der Waals surface area contributed by atoms with Crippen LogP contribution in [-0.2, 0) is 17.9 Å². The normalized spacial score (nSPS) is 10.9. The summed E-state index contributed by atoms with van der Waals surface area (Å²) < 4.78 is 1.47. The van der Waals surface area contributed by atoms with Crippen LogP contribution in [0.5, 0.6) is 0 Å². The maximum atomic E-state index is 12.4. The fraction of sp³-hybridized carbons (Fsp3) is 0.211. The monoisotopic (exact) mass is 389 g/mol. The first-order chi connectivity index (χ1) is 12.5. The highest BCUT2D eigenvalue weighted by Gasteiger charge is 2.12. The number of fused-ring (bicyclic) bond motifs is 1. The molecule has 0 saturated carbocycles. The third-order valence-corrected chi connectivity index (χ3v) is 4.87. The molecule has 0 unspecified atom stereocenters. The first-order valence-corrected chi connectivity index (χ1v) is 8.83. The minimum atomic E-state index is -0.143. The zero-order valence-electron chi connectivity index (χ0n) is 14.2. The number of halogens is 2. The lowest BCUT2D eigenvalue weighted by Gasteiger charge is -2.18. The average molecular weight is 390 g/mol. The molecule has 0 spiro atoms. The molecule has 0 aliphatic carbocycles. The van der Waals surface area contributed by atoms with Crippen molar-refractivity contribution >= 4 is 40.0 Å². The summed E-state index contributed by atoms with van der Waals surface area (Å²) in [4.78, 5) is 30.7. The summed E-state index contributed by atoms with van der Waals surface area (Å²) in [6.45, 7) is 0.696. The fourth-order valence-corrected chi connectivity index (χ4v) is 2.99. The molecule has 3 aromatic rings. The van der Waals surface area contributed by atoms with Gasteiger partial charge in [0.15, 0.2) is 0 Å². The summed E-state index contributed by atoms with van der Waals surface area (Å²) in [6, 6.07) is 12.4. The molecule has 26 heavy (non-hydrogen) atoms. The van der Waals surface area contributed by atoms with Crippen molar-refractivity contribution in [1.82, 2.24) is 14.5 Å². The number of amides is 1. The second-order valence-electron chi connectivity index (χ2n) is 6.01. The average Bonchev–Trinajstić information content (AvgIpc) is 2.64. The van der Waals surface area contributed by atoms with Gasteiger partial charge in [-0.25, -0.2) is 4.98 Å². The van der Waals surface area contributed by atoms with Gasteiger partial charge in [-0.2, -0.15) is 0 Å². The Balaban J connectivity index is 1.65. The standard InChI is InChI=1S/C19H17Cl2N3O2/c1-23(11-13-6-7-15(20)16(21)10-13)18(25)8-9-24-12-22-17-5-3-2-4-14(17)19(24)26/h2-7,10,12H,8-9,11H2,1H3. The first-order valence-electron chi connectivity index (χ1n) is 8.08. The van der Waals surface area contributed by atoms with Crippen LogP contribution in [0.25, 0.3) is 10.9 Å². The quantitative estimate of drug-likeness (QED) is 0.667. The van der Waals surface area contributed by atoms with Crippen LogP contribution in [0, 0.1) is 0 Å². The molecule has 0 fully saturated rings. The topological polar surface area (TPSA) is 55.2 Å². The van der Waals surface area contributed by atoms with Crippen LogP contribution in [0.2, 0.25) is 10.0 Å². The molecule has 2 aromatic carbocycles. The molecule has 1 aromatic heterocycles. The number of benzene rings is 2. The van der Waals surface area contributed by atoms with E-state index in [4.69, 9.17) is 23.2 Å². The van der Waals surface area contributed by atoms with Crippen molar-refractivity contribution in [1.29, 1.82) is 0 Å². The number of aryl methyl sites for hydroxylation is 1. The first kappa shape index (κ1) is 18.4. The number of nitrogens with zero attached hydrogens (tertiary/aromatic N) is 3. The highest BCUT2D eigenvalue weighted by Crippen LogP contribution is 2.23. The minimum absolute atomic E-state index is 0.0730. The van der Waals surface area contributed by atoms with Crippen LogP contribution in [0.1, 0.15) is 12.0 Å². The van der Waals surface area contributed by atoms with Gasteiger partial charge in [0.1, 0.15) is 0 Å². The Morgan fingerprint density at radius 3 is 2.69 bits per heavy atom. The molecule has 0 N–H and O–H groups in total. The molecule has 0 aliphatic rings. The van der Waals surface area contributed by atoms with Gasteiger partial charge in [0, 0.05) is 26.6 Å². The molecule has 1 amide bonds. The lowest BCUT2D eigenvalue weighted by molar-refractivity contribution is -0.130. The van der Waals surface area contributed by atoms with E-state index < -0.39 is 0 Å². The van der Waals surface area contributed by atoms with Gasteiger partial charge in [0.05, 0.1) is 27.3 Å². The van der Waals surface area contributed by atoms with E-state index in [9.17, 15) is 9.59 Å². The lowest BCUT2D eigenvalue weighted by atomic mass is 10.2. The lowest BCUT2D eigenvalue weighted by Crippen LogP contribution is -2.29. The number of aromatic nitrogens is 2. The molecular formula is C19H17Cl2N3O2. The van der Waals surface area contributed by atoms with E-state index in [1.807, 2.05) is 12.1 Å². The summed E-state index contributed by atoms with van der Waals surface area (Å²) in [5, 5.41) is 1.48. The van der Waals surface area contributed by atoms with E-state index >= 15 is 0 Å². The van der Waals surface area contributed by atoms with Gasteiger partial charge >= 0.3 is 0 Å². The summed E-state index contributed by atoms with van der Waals surface area (Å²) in [5.74, 6) is -0.0730. The molecule has 1 heterocycles. The number of carbonyl (C=O) groups is 1. The van der Waals surface area contributed by atoms with Gasteiger partial charge in [-0.1, -0.05) is 41.4 Å². The van der Waals surface area contributed by atoms with Gasteiger partial charge < -0.3 is 4.90 Å². The van der Waals surface area contributed by atoms with Crippen molar-refractivity contribution in [2.75, 3.05) is 7.05 Å².